The average Bonchev–Trinajstić information content (AvgIpc) is 3.23. The number of carbonyl (C=O) groups is 1. The summed E-state index contributed by atoms with van der Waals surface area (Å²) in [6.07, 6.45) is 7.42. The molecule has 198 valence electrons. The van der Waals surface area contributed by atoms with E-state index in [0.717, 1.165) is 74.5 Å². The number of carbonyl (C=O) groups excluding carboxylic acids is 1. The van der Waals surface area contributed by atoms with Gasteiger partial charge in [0.15, 0.2) is 5.65 Å². The zero-order chi connectivity index (χ0) is 26.1. The zero-order valence-corrected chi connectivity index (χ0v) is 22.5. The minimum Gasteiger partial charge on any atom is -0.369 e. The maximum atomic E-state index is 11.8. The van der Waals surface area contributed by atoms with Gasteiger partial charge in [0.2, 0.25) is 17.8 Å². The van der Waals surface area contributed by atoms with E-state index in [1.54, 1.807) is 0 Å². The van der Waals surface area contributed by atoms with Gasteiger partial charge in [0.25, 0.3) is 0 Å². The monoisotopic (exact) mass is 504 g/mol. The smallest absolute Gasteiger partial charge is 0.225 e. The number of imidazole rings is 1. The molecule has 9 nitrogen and oxygen atoms in total. The number of benzene rings is 1. The Labute approximate surface area is 219 Å². The van der Waals surface area contributed by atoms with Crippen molar-refractivity contribution in [3.63, 3.8) is 0 Å². The van der Waals surface area contributed by atoms with Crippen LogP contribution in [-0.4, -0.2) is 56.0 Å². The van der Waals surface area contributed by atoms with Gasteiger partial charge < -0.3 is 21.3 Å². The summed E-state index contributed by atoms with van der Waals surface area (Å²) in [6, 6.07) is 4.89. The number of nitrogens with two attached hydrogens (primary N) is 1. The van der Waals surface area contributed by atoms with Crippen LogP contribution in [0.25, 0.3) is 11.2 Å². The van der Waals surface area contributed by atoms with Crippen molar-refractivity contribution in [2.24, 2.45) is 11.7 Å². The molecule has 0 unspecified atom stereocenters. The molecule has 1 saturated heterocycles. The Morgan fingerprint density at radius 1 is 1.08 bits per heavy atom. The normalized spacial score (nSPS) is 22.8. The van der Waals surface area contributed by atoms with Crippen LogP contribution in [0.3, 0.4) is 0 Å². The molecule has 0 radical (unpaired) electrons. The highest BCUT2D eigenvalue weighted by molar-refractivity contribution is 5.78. The molecule has 37 heavy (non-hydrogen) atoms. The third kappa shape index (κ3) is 5.42. The van der Waals surface area contributed by atoms with Crippen LogP contribution in [0.2, 0.25) is 0 Å². The Kier molecular flexibility index (Phi) is 7.33. The molecule has 1 atom stereocenters. The van der Waals surface area contributed by atoms with E-state index in [2.05, 4.69) is 64.9 Å². The van der Waals surface area contributed by atoms with Crippen molar-refractivity contribution in [2.45, 2.75) is 78.3 Å². The number of nitrogens with zero attached hydrogens (tertiary/aromatic N) is 5. The largest absolute Gasteiger partial charge is 0.369 e. The number of hydrogen-bond acceptors (Lipinski definition) is 7. The first-order chi connectivity index (χ1) is 17.8. The molecular weight excluding hydrogens is 464 g/mol. The highest BCUT2D eigenvalue weighted by atomic mass is 16.1. The number of aryl methyl sites for hydroxylation is 3. The van der Waals surface area contributed by atoms with E-state index < -0.39 is 0 Å². The maximum Gasteiger partial charge on any atom is 0.225 e. The van der Waals surface area contributed by atoms with Gasteiger partial charge in [-0.2, -0.15) is 4.98 Å². The van der Waals surface area contributed by atoms with Crippen molar-refractivity contribution < 1.29 is 4.79 Å². The van der Waals surface area contributed by atoms with Gasteiger partial charge in [-0.15, -0.1) is 0 Å². The molecule has 2 fully saturated rings. The number of fused-ring (bicyclic) bond motifs is 1. The summed E-state index contributed by atoms with van der Waals surface area (Å²) in [4.78, 5) is 28.9. The summed E-state index contributed by atoms with van der Waals surface area (Å²) in [7, 11) is 0. The molecule has 2 aliphatic rings. The van der Waals surface area contributed by atoms with Crippen molar-refractivity contribution in [2.75, 3.05) is 30.3 Å². The lowest BCUT2D eigenvalue weighted by molar-refractivity contribution is -0.122. The highest BCUT2D eigenvalue weighted by Gasteiger charge is 2.29. The van der Waals surface area contributed by atoms with Crippen LogP contribution in [0.1, 0.15) is 68.2 Å². The van der Waals surface area contributed by atoms with E-state index in [1.807, 2.05) is 6.20 Å². The number of anilines is 3. The second-order valence-corrected chi connectivity index (χ2v) is 10.9. The fourth-order valence-electron chi connectivity index (χ4n) is 6.15. The number of primary amides is 1. The fourth-order valence-corrected chi connectivity index (χ4v) is 6.15. The Morgan fingerprint density at radius 2 is 1.81 bits per heavy atom. The number of amides is 1. The van der Waals surface area contributed by atoms with Gasteiger partial charge in [0, 0.05) is 30.2 Å². The first-order valence-corrected chi connectivity index (χ1v) is 13.7. The molecule has 1 aliphatic heterocycles. The third-order valence-electron chi connectivity index (χ3n) is 8.10. The number of nitrogens with one attached hydrogen (secondary N) is 2. The lowest BCUT2D eigenvalue weighted by atomic mass is 9.85. The van der Waals surface area contributed by atoms with Crippen LogP contribution in [-0.2, 0) is 4.79 Å². The Bertz CT molecular complexity index is 1250. The molecule has 1 aliphatic carbocycles. The highest BCUT2D eigenvalue weighted by Crippen LogP contribution is 2.37. The molecule has 0 spiro atoms. The van der Waals surface area contributed by atoms with Gasteiger partial charge in [-0.1, -0.05) is 24.6 Å². The minimum atomic E-state index is -0.194. The molecule has 9 heteroatoms. The summed E-state index contributed by atoms with van der Waals surface area (Å²) >= 11 is 0. The molecule has 1 saturated carbocycles. The Morgan fingerprint density at radius 3 is 2.49 bits per heavy atom. The fraction of sp³-hybridized carbons (Fsp3) is 0.571. The Hall–Kier alpha value is -3.20. The van der Waals surface area contributed by atoms with Crippen molar-refractivity contribution in [1.82, 2.24) is 24.4 Å². The summed E-state index contributed by atoms with van der Waals surface area (Å²) in [5, 5.41) is 7.22. The SMILES string of the molecule is CCN1CCC[C@@H](Nc2ncc3nc(Nc4c(C)cc(C)cc4C)n(C4CCC(C(N)=O)CC4)c3n2)C1. The summed E-state index contributed by atoms with van der Waals surface area (Å²) in [5.74, 6) is 1.18. The standard InChI is InChI=1S/C28H40N8O/c1-5-35-12-6-7-21(16-35)31-27-30-15-23-26(34-27)36(22-10-8-20(9-11-22)25(29)37)28(32-23)33-24-18(3)13-17(2)14-19(24)4/h13-15,20-22H,5-12,16H2,1-4H3,(H2,29,37)(H,32,33)(H,30,31,34)/t20?,21-,22?/m1/s1. The predicted molar refractivity (Wildman–Crippen MR) is 148 cm³/mol. The molecule has 5 rings (SSSR count). The van der Waals surface area contributed by atoms with E-state index in [4.69, 9.17) is 15.7 Å². The number of hydrogen-bond donors (Lipinski definition) is 3. The molecule has 3 aromatic rings. The van der Waals surface area contributed by atoms with Crippen LogP contribution in [0.15, 0.2) is 18.3 Å². The van der Waals surface area contributed by atoms with Crippen LogP contribution in [0.4, 0.5) is 17.6 Å². The van der Waals surface area contributed by atoms with Crippen molar-refractivity contribution >= 4 is 34.7 Å². The molecule has 2 aromatic heterocycles. The van der Waals surface area contributed by atoms with E-state index in [1.165, 1.54) is 23.1 Å². The van der Waals surface area contributed by atoms with Gasteiger partial charge >= 0.3 is 0 Å². The lowest BCUT2D eigenvalue weighted by Gasteiger charge is -2.32. The number of likely N-dealkylation sites (N-methyl/N-ethyl adjacent to an activating group) is 1. The van der Waals surface area contributed by atoms with Gasteiger partial charge in [-0.05, 0) is 83.5 Å². The van der Waals surface area contributed by atoms with Crippen molar-refractivity contribution in [3.8, 4) is 0 Å². The summed E-state index contributed by atoms with van der Waals surface area (Å²) < 4.78 is 2.23. The number of likely N-dealkylation sites (tertiary alicyclic amines) is 1. The molecule has 1 aromatic carbocycles. The van der Waals surface area contributed by atoms with Crippen molar-refractivity contribution in [3.05, 3.63) is 35.0 Å². The van der Waals surface area contributed by atoms with Crippen LogP contribution >= 0.6 is 0 Å². The van der Waals surface area contributed by atoms with Gasteiger partial charge in [-0.25, -0.2) is 9.97 Å². The summed E-state index contributed by atoms with van der Waals surface area (Å²) in [5.41, 5.74) is 11.9. The zero-order valence-electron chi connectivity index (χ0n) is 22.5. The summed E-state index contributed by atoms with van der Waals surface area (Å²) in [6.45, 7) is 11.8. The van der Waals surface area contributed by atoms with Gasteiger partial charge in [-0.3, -0.25) is 9.36 Å². The first kappa shape index (κ1) is 25.4. The third-order valence-corrected chi connectivity index (χ3v) is 8.10. The van der Waals surface area contributed by atoms with E-state index in [9.17, 15) is 4.79 Å². The number of rotatable bonds is 7. The average molecular weight is 505 g/mol. The molecule has 1 amide bonds. The van der Waals surface area contributed by atoms with Crippen LogP contribution in [0, 0.1) is 26.7 Å². The quantitative estimate of drug-likeness (QED) is 0.431. The maximum absolute atomic E-state index is 11.8. The Balaban J connectivity index is 1.50. The van der Waals surface area contributed by atoms with E-state index in [-0.39, 0.29) is 17.9 Å². The van der Waals surface area contributed by atoms with Crippen LogP contribution in [0.5, 0.6) is 0 Å². The molecule has 4 N–H and O–H groups in total. The predicted octanol–water partition coefficient (Wildman–Crippen LogP) is 4.61. The van der Waals surface area contributed by atoms with Gasteiger partial charge in [0.05, 0.1) is 6.20 Å². The molecule has 3 heterocycles. The topological polar surface area (TPSA) is 114 Å². The first-order valence-electron chi connectivity index (χ1n) is 13.7. The second-order valence-electron chi connectivity index (χ2n) is 10.9. The minimum absolute atomic E-state index is 0.0521. The number of piperidine rings is 1. The molecule has 0 bridgehead atoms. The van der Waals surface area contributed by atoms with E-state index >= 15 is 0 Å². The van der Waals surface area contributed by atoms with E-state index in [0.29, 0.717) is 12.0 Å². The van der Waals surface area contributed by atoms with Gasteiger partial charge in [0.1, 0.15) is 5.52 Å². The second kappa shape index (κ2) is 10.7. The number of aromatic nitrogens is 4. The lowest BCUT2D eigenvalue weighted by Crippen LogP contribution is -2.42. The van der Waals surface area contributed by atoms with Crippen LogP contribution < -0.4 is 16.4 Å². The molecular formula is C28H40N8O. The van der Waals surface area contributed by atoms with Crippen molar-refractivity contribution in [1.29, 1.82) is 0 Å².